The Morgan fingerprint density at radius 1 is 1.33 bits per heavy atom. The predicted molar refractivity (Wildman–Crippen MR) is 62.8 cm³/mol. The maximum Gasteiger partial charge on any atom is 0.159 e. The molecule has 0 aliphatic rings. The summed E-state index contributed by atoms with van der Waals surface area (Å²) in [5.74, 6) is -1.84. The first-order chi connectivity index (χ1) is 8.56. The van der Waals surface area contributed by atoms with E-state index in [2.05, 4.69) is 5.10 Å². The summed E-state index contributed by atoms with van der Waals surface area (Å²) in [7, 11) is 1.81. The molecule has 5 heteroatoms. The van der Waals surface area contributed by atoms with E-state index in [-0.39, 0.29) is 0 Å². The number of rotatable bonds is 4. The molecule has 1 unspecified atom stereocenters. The Hall–Kier alpha value is -1.75. The zero-order chi connectivity index (χ0) is 13.1. The van der Waals surface area contributed by atoms with Gasteiger partial charge in [-0.2, -0.15) is 5.10 Å². The van der Waals surface area contributed by atoms with Gasteiger partial charge >= 0.3 is 0 Å². The van der Waals surface area contributed by atoms with Crippen molar-refractivity contribution in [2.45, 2.75) is 18.9 Å². The van der Waals surface area contributed by atoms with Crippen molar-refractivity contribution in [1.29, 1.82) is 0 Å². The van der Waals surface area contributed by atoms with Gasteiger partial charge in [0, 0.05) is 13.2 Å². The topological polar surface area (TPSA) is 38.0 Å². The van der Waals surface area contributed by atoms with Crippen molar-refractivity contribution in [3.63, 3.8) is 0 Å². The molecule has 0 amide bonds. The number of halogens is 2. The first-order valence-electron chi connectivity index (χ1n) is 5.67. The van der Waals surface area contributed by atoms with E-state index in [1.807, 2.05) is 13.2 Å². The molecule has 0 spiro atoms. The van der Waals surface area contributed by atoms with E-state index in [1.165, 1.54) is 6.07 Å². The Bertz CT molecular complexity index is 540. The van der Waals surface area contributed by atoms with Gasteiger partial charge in [0.1, 0.15) is 0 Å². The van der Waals surface area contributed by atoms with Crippen molar-refractivity contribution in [2.75, 3.05) is 0 Å². The number of benzene rings is 1. The second-order valence-corrected chi connectivity index (χ2v) is 4.25. The molecule has 1 atom stereocenters. The number of aliphatic hydroxyl groups excluding tert-OH is 1. The van der Waals surface area contributed by atoms with Gasteiger partial charge in [0.2, 0.25) is 0 Å². The van der Waals surface area contributed by atoms with Crippen LogP contribution in [-0.2, 0) is 13.5 Å². The van der Waals surface area contributed by atoms with Gasteiger partial charge in [-0.15, -0.1) is 0 Å². The highest BCUT2D eigenvalue weighted by molar-refractivity contribution is 5.20. The Kier molecular flexibility index (Phi) is 3.72. The Labute approximate surface area is 104 Å². The molecule has 0 fully saturated rings. The fraction of sp³-hybridized carbons (Fsp3) is 0.308. The minimum atomic E-state index is -0.937. The summed E-state index contributed by atoms with van der Waals surface area (Å²) >= 11 is 0. The highest BCUT2D eigenvalue weighted by atomic mass is 19.2. The van der Waals surface area contributed by atoms with Crippen molar-refractivity contribution < 1.29 is 13.9 Å². The van der Waals surface area contributed by atoms with E-state index < -0.39 is 17.7 Å². The highest BCUT2D eigenvalue weighted by Gasteiger charge is 2.11. The van der Waals surface area contributed by atoms with Gasteiger partial charge in [-0.05, 0) is 36.1 Å². The third-order valence-corrected chi connectivity index (χ3v) is 2.79. The lowest BCUT2D eigenvalue weighted by Crippen LogP contribution is -2.00. The maximum atomic E-state index is 13.0. The largest absolute Gasteiger partial charge is 0.388 e. The Morgan fingerprint density at radius 2 is 2.11 bits per heavy atom. The van der Waals surface area contributed by atoms with Crippen LogP contribution in [0.3, 0.4) is 0 Å². The summed E-state index contributed by atoms with van der Waals surface area (Å²) in [5, 5.41) is 13.9. The van der Waals surface area contributed by atoms with Gasteiger partial charge in [-0.1, -0.05) is 6.07 Å². The van der Waals surface area contributed by atoms with Crippen LogP contribution in [0.25, 0.3) is 0 Å². The molecule has 3 nitrogen and oxygen atoms in total. The van der Waals surface area contributed by atoms with E-state index in [0.29, 0.717) is 18.4 Å². The second-order valence-electron chi connectivity index (χ2n) is 4.25. The lowest BCUT2D eigenvalue weighted by molar-refractivity contribution is 0.167. The fourth-order valence-electron chi connectivity index (χ4n) is 1.79. The first-order valence-corrected chi connectivity index (χ1v) is 5.67. The van der Waals surface area contributed by atoms with Gasteiger partial charge in [-0.25, -0.2) is 8.78 Å². The standard InChI is InChI=1S/C13H14F2N2O/c1-17-8-9(7-16-17)2-5-13(18)10-3-4-11(14)12(15)6-10/h3-4,6-8,13,18H,2,5H2,1H3. The lowest BCUT2D eigenvalue weighted by atomic mass is 10.0. The number of aromatic nitrogens is 2. The van der Waals surface area contributed by atoms with Crippen LogP contribution >= 0.6 is 0 Å². The normalized spacial score (nSPS) is 12.7. The zero-order valence-electron chi connectivity index (χ0n) is 9.98. The van der Waals surface area contributed by atoms with Gasteiger partial charge in [0.15, 0.2) is 11.6 Å². The average Bonchev–Trinajstić information content (AvgIpc) is 2.75. The average molecular weight is 252 g/mol. The van der Waals surface area contributed by atoms with Crippen LogP contribution in [0, 0.1) is 11.6 Å². The number of aryl methyl sites for hydroxylation is 2. The minimum absolute atomic E-state index is 0.387. The molecule has 0 saturated carbocycles. The monoisotopic (exact) mass is 252 g/mol. The van der Waals surface area contributed by atoms with Crippen LogP contribution in [-0.4, -0.2) is 14.9 Å². The fourth-order valence-corrected chi connectivity index (χ4v) is 1.79. The van der Waals surface area contributed by atoms with Gasteiger partial charge < -0.3 is 5.11 Å². The summed E-state index contributed by atoms with van der Waals surface area (Å²) in [5.41, 5.74) is 1.39. The van der Waals surface area contributed by atoms with Crippen LogP contribution in [0.4, 0.5) is 8.78 Å². The van der Waals surface area contributed by atoms with Gasteiger partial charge in [-0.3, -0.25) is 4.68 Å². The van der Waals surface area contributed by atoms with E-state index >= 15 is 0 Å². The van der Waals surface area contributed by atoms with E-state index in [9.17, 15) is 13.9 Å². The third-order valence-electron chi connectivity index (χ3n) is 2.79. The third kappa shape index (κ3) is 2.92. The molecule has 0 radical (unpaired) electrons. The summed E-state index contributed by atoms with van der Waals surface area (Å²) in [6, 6.07) is 3.45. The van der Waals surface area contributed by atoms with Crippen molar-refractivity contribution >= 4 is 0 Å². The van der Waals surface area contributed by atoms with E-state index in [1.54, 1.807) is 10.9 Å². The Balaban J connectivity index is 1.99. The molecule has 1 heterocycles. The van der Waals surface area contributed by atoms with Crippen LogP contribution in [0.1, 0.15) is 23.7 Å². The van der Waals surface area contributed by atoms with E-state index in [0.717, 1.165) is 17.7 Å². The molecule has 1 aromatic carbocycles. The number of hydrogen-bond acceptors (Lipinski definition) is 2. The van der Waals surface area contributed by atoms with E-state index in [4.69, 9.17) is 0 Å². The van der Waals surface area contributed by atoms with Crippen LogP contribution in [0.5, 0.6) is 0 Å². The van der Waals surface area contributed by atoms with Crippen molar-refractivity contribution in [1.82, 2.24) is 9.78 Å². The number of aliphatic hydroxyl groups is 1. The molecule has 0 aliphatic carbocycles. The summed E-state index contributed by atoms with van der Waals surface area (Å²) in [6.07, 6.45) is 3.85. The van der Waals surface area contributed by atoms with Crippen molar-refractivity contribution in [3.8, 4) is 0 Å². The van der Waals surface area contributed by atoms with Crippen LogP contribution in [0.15, 0.2) is 30.6 Å². The van der Waals surface area contributed by atoms with Gasteiger partial charge in [0.05, 0.1) is 12.3 Å². The van der Waals surface area contributed by atoms with Crippen LogP contribution < -0.4 is 0 Å². The highest BCUT2D eigenvalue weighted by Crippen LogP contribution is 2.20. The minimum Gasteiger partial charge on any atom is -0.388 e. The molecular weight excluding hydrogens is 238 g/mol. The smallest absolute Gasteiger partial charge is 0.159 e. The molecule has 2 aromatic rings. The van der Waals surface area contributed by atoms with Crippen molar-refractivity contribution in [2.24, 2.45) is 7.05 Å². The molecule has 1 N–H and O–H groups in total. The predicted octanol–water partition coefficient (Wildman–Crippen LogP) is 2.36. The SMILES string of the molecule is Cn1cc(CCC(O)c2ccc(F)c(F)c2)cn1. The molecule has 1 aromatic heterocycles. The molecule has 0 aliphatic heterocycles. The summed E-state index contributed by atoms with van der Waals surface area (Å²) in [6.45, 7) is 0. The zero-order valence-corrected chi connectivity index (χ0v) is 9.98. The molecule has 0 bridgehead atoms. The molecule has 96 valence electrons. The Morgan fingerprint density at radius 3 is 2.72 bits per heavy atom. The molecular formula is C13H14F2N2O. The van der Waals surface area contributed by atoms with Crippen LogP contribution in [0.2, 0.25) is 0 Å². The molecule has 18 heavy (non-hydrogen) atoms. The summed E-state index contributed by atoms with van der Waals surface area (Å²) < 4.78 is 27.4. The van der Waals surface area contributed by atoms with Crippen molar-refractivity contribution in [3.05, 3.63) is 53.4 Å². The number of hydrogen-bond donors (Lipinski definition) is 1. The lowest BCUT2D eigenvalue weighted by Gasteiger charge is -2.10. The second kappa shape index (κ2) is 5.27. The van der Waals surface area contributed by atoms with Gasteiger partial charge in [0.25, 0.3) is 0 Å². The number of nitrogens with zero attached hydrogens (tertiary/aromatic N) is 2. The molecule has 0 saturated heterocycles. The molecule has 2 rings (SSSR count). The first kappa shape index (κ1) is 12.7. The maximum absolute atomic E-state index is 13.0. The summed E-state index contributed by atoms with van der Waals surface area (Å²) in [4.78, 5) is 0. The quantitative estimate of drug-likeness (QED) is 0.907.